The third-order valence-corrected chi connectivity index (χ3v) is 6.01. The van der Waals surface area contributed by atoms with Crippen molar-refractivity contribution in [2.24, 2.45) is 5.84 Å². The molecule has 0 radical (unpaired) electrons. The average Bonchev–Trinajstić information content (AvgIpc) is 2.97. The number of pyridine rings is 1. The molecule has 0 saturated carbocycles. The van der Waals surface area contributed by atoms with Crippen molar-refractivity contribution in [3.05, 3.63) is 90.3 Å². The van der Waals surface area contributed by atoms with Crippen LogP contribution in [0, 0.1) is 0 Å². The summed E-state index contributed by atoms with van der Waals surface area (Å²) < 4.78 is 43.5. The minimum absolute atomic E-state index is 0.0375. The first-order chi connectivity index (χ1) is 20.8. The van der Waals surface area contributed by atoms with Crippen LogP contribution in [0.5, 0.6) is 17.2 Å². The number of anilines is 1. The van der Waals surface area contributed by atoms with E-state index in [0.717, 1.165) is 16.3 Å². The van der Waals surface area contributed by atoms with Crippen LogP contribution >= 0.6 is 0 Å². The number of phenols is 1. The van der Waals surface area contributed by atoms with Crippen LogP contribution in [0.25, 0.3) is 10.8 Å². The van der Waals surface area contributed by atoms with Gasteiger partial charge in [0.15, 0.2) is 11.5 Å². The standard InChI is InChI=1S/C29H32N4O4.C2HF3O2/c1-4-36-27-16-22(9-11-26(27)37-19(2)3)28(29(35)32-17-20-6-5-7-25(34)14-20)33(30)24-10-8-23-18-31-13-12-21(23)15-24;3-2(4,5)1(6)7/h5-16,18-19,28,34H,4,17,30H2,1-3H3,(H,32,35);(H,6,7). The molecule has 234 valence electrons. The number of phenolic OH excluding ortho intramolecular Hbond substituents is 1. The number of carboxylic acid groups (broad SMARTS) is 1. The SMILES string of the molecule is CCOc1cc(C(C(=O)NCc2cccc(O)c2)N(N)c2ccc3cnccc3c2)ccc1OC(C)C.O=C(O)C(F)(F)F. The number of aromatic hydroxyl groups is 1. The van der Waals surface area contributed by atoms with E-state index in [0.29, 0.717) is 29.4 Å². The van der Waals surface area contributed by atoms with Crippen LogP contribution in [-0.4, -0.2) is 46.0 Å². The van der Waals surface area contributed by atoms with Gasteiger partial charge < -0.3 is 25.0 Å². The number of alkyl halides is 3. The van der Waals surface area contributed by atoms with Crippen LogP contribution in [0.3, 0.4) is 0 Å². The second kappa shape index (κ2) is 14.9. The molecule has 1 aromatic heterocycles. The van der Waals surface area contributed by atoms with Gasteiger partial charge >= 0.3 is 12.1 Å². The molecule has 0 spiro atoms. The molecule has 13 heteroatoms. The molecule has 4 rings (SSSR count). The molecule has 1 unspecified atom stereocenters. The number of aliphatic carboxylic acids is 1. The number of halogens is 3. The van der Waals surface area contributed by atoms with E-state index in [2.05, 4.69) is 10.3 Å². The second-order valence-electron chi connectivity index (χ2n) is 9.71. The number of nitrogens with one attached hydrogen (secondary N) is 1. The summed E-state index contributed by atoms with van der Waals surface area (Å²) in [6, 6.07) is 18.9. The van der Waals surface area contributed by atoms with Crippen molar-refractivity contribution < 1.29 is 42.4 Å². The number of aromatic nitrogens is 1. The summed E-state index contributed by atoms with van der Waals surface area (Å²) in [6.07, 6.45) is -1.63. The van der Waals surface area contributed by atoms with Crippen LogP contribution in [0.2, 0.25) is 0 Å². The summed E-state index contributed by atoms with van der Waals surface area (Å²) in [6.45, 7) is 6.45. The number of carboxylic acids is 1. The monoisotopic (exact) mass is 614 g/mol. The summed E-state index contributed by atoms with van der Waals surface area (Å²) >= 11 is 0. The number of carbonyl (C=O) groups is 2. The number of fused-ring (bicyclic) bond motifs is 1. The molecular weight excluding hydrogens is 581 g/mol. The number of rotatable bonds is 10. The van der Waals surface area contributed by atoms with E-state index in [1.165, 1.54) is 5.01 Å². The lowest BCUT2D eigenvalue weighted by molar-refractivity contribution is -0.192. The maximum atomic E-state index is 13.6. The van der Waals surface area contributed by atoms with Crippen LogP contribution in [0.4, 0.5) is 18.9 Å². The molecule has 0 aliphatic heterocycles. The number of amides is 1. The van der Waals surface area contributed by atoms with Gasteiger partial charge in [-0.1, -0.05) is 24.3 Å². The van der Waals surface area contributed by atoms with Crippen LogP contribution in [-0.2, 0) is 16.1 Å². The first kappa shape index (κ1) is 33.5. The maximum absolute atomic E-state index is 13.6. The first-order valence-electron chi connectivity index (χ1n) is 13.5. The van der Waals surface area contributed by atoms with Crippen molar-refractivity contribution in [1.82, 2.24) is 10.3 Å². The molecule has 44 heavy (non-hydrogen) atoms. The quantitative estimate of drug-likeness (QED) is 0.134. The van der Waals surface area contributed by atoms with Crippen molar-refractivity contribution in [2.75, 3.05) is 11.6 Å². The third-order valence-electron chi connectivity index (χ3n) is 6.01. The van der Waals surface area contributed by atoms with Gasteiger partial charge in [0, 0.05) is 24.3 Å². The summed E-state index contributed by atoms with van der Waals surface area (Å²) in [5.41, 5.74) is 2.08. The predicted molar refractivity (Wildman–Crippen MR) is 158 cm³/mol. The Morgan fingerprint density at radius 2 is 1.75 bits per heavy atom. The Bertz CT molecular complexity index is 1580. The highest BCUT2D eigenvalue weighted by molar-refractivity contribution is 5.89. The van der Waals surface area contributed by atoms with E-state index in [1.807, 2.05) is 57.2 Å². The zero-order chi connectivity index (χ0) is 32.4. The van der Waals surface area contributed by atoms with Gasteiger partial charge in [-0.15, -0.1) is 0 Å². The van der Waals surface area contributed by atoms with E-state index in [1.54, 1.807) is 42.7 Å². The van der Waals surface area contributed by atoms with Crippen molar-refractivity contribution in [1.29, 1.82) is 0 Å². The summed E-state index contributed by atoms with van der Waals surface area (Å²) in [7, 11) is 0. The largest absolute Gasteiger partial charge is 0.508 e. The number of nitrogens with zero attached hydrogens (tertiary/aromatic N) is 2. The van der Waals surface area contributed by atoms with E-state index >= 15 is 0 Å². The van der Waals surface area contributed by atoms with Gasteiger partial charge in [-0.3, -0.25) is 14.8 Å². The Kier molecular flexibility index (Phi) is 11.3. The molecule has 10 nitrogen and oxygen atoms in total. The third kappa shape index (κ3) is 9.23. The smallest absolute Gasteiger partial charge is 0.490 e. The van der Waals surface area contributed by atoms with Gasteiger partial charge in [0.1, 0.15) is 11.8 Å². The Labute approximate surface area is 251 Å². The molecule has 1 amide bonds. The van der Waals surface area contributed by atoms with Crippen molar-refractivity contribution >= 4 is 28.3 Å². The molecule has 0 saturated heterocycles. The van der Waals surface area contributed by atoms with Crippen LogP contribution in [0.15, 0.2) is 79.1 Å². The second-order valence-corrected chi connectivity index (χ2v) is 9.71. The van der Waals surface area contributed by atoms with Crippen molar-refractivity contribution in [3.63, 3.8) is 0 Å². The number of benzene rings is 3. The number of hydrogen-bond acceptors (Lipinski definition) is 8. The fourth-order valence-corrected chi connectivity index (χ4v) is 4.09. The fraction of sp³-hybridized carbons (Fsp3) is 0.258. The molecule has 5 N–H and O–H groups in total. The Morgan fingerprint density at radius 3 is 2.39 bits per heavy atom. The lowest BCUT2D eigenvalue weighted by atomic mass is 10.0. The van der Waals surface area contributed by atoms with E-state index < -0.39 is 18.2 Å². The molecule has 0 fully saturated rings. The number of hydrogen-bond donors (Lipinski definition) is 4. The van der Waals surface area contributed by atoms with Gasteiger partial charge in [0.05, 0.1) is 18.4 Å². The molecule has 0 aliphatic carbocycles. The summed E-state index contributed by atoms with van der Waals surface area (Å²) in [4.78, 5) is 26.7. The molecule has 1 heterocycles. The van der Waals surface area contributed by atoms with E-state index in [4.69, 9.17) is 25.2 Å². The molecular formula is C31H33F3N4O6. The lowest BCUT2D eigenvalue weighted by Gasteiger charge is -2.29. The van der Waals surface area contributed by atoms with Gasteiger partial charge in [-0.2, -0.15) is 13.2 Å². The van der Waals surface area contributed by atoms with Crippen molar-refractivity contribution in [3.8, 4) is 17.2 Å². The van der Waals surface area contributed by atoms with Gasteiger partial charge in [-0.25, -0.2) is 10.6 Å². The van der Waals surface area contributed by atoms with Gasteiger partial charge in [0.25, 0.3) is 0 Å². The summed E-state index contributed by atoms with van der Waals surface area (Å²) in [5, 5.41) is 23.2. The minimum atomic E-state index is -5.08. The Morgan fingerprint density at radius 1 is 1.02 bits per heavy atom. The number of hydrazine groups is 1. The van der Waals surface area contributed by atoms with Gasteiger partial charge in [-0.05, 0) is 79.7 Å². The fourth-order valence-electron chi connectivity index (χ4n) is 4.09. The number of carbonyl (C=O) groups excluding carboxylic acids is 1. The normalized spacial score (nSPS) is 11.7. The molecule has 4 aromatic rings. The molecule has 0 bridgehead atoms. The zero-order valence-electron chi connectivity index (χ0n) is 24.2. The van der Waals surface area contributed by atoms with Crippen molar-refractivity contribution in [2.45, 2.75) is 45.6 Å². The van der Waals surface area contributed by atoms with Crippen LogP contribution in [0.1, 0.15) is 37.9 Å². The highest BCUT2D eigenvalue weighted by atomic mass is 19.4. The average molecular weight is 615 g/mol. The number of nitrogens with two attached hydrogens (primary N) is 1. The maximum Gasteiger partial charge on any atom is 0.490 e. The van der Waals surface area contributed by atoms with E-state index in [9.17, 15) is 23.1 Å². The summed E-state index contributed by atoms with van der Waals surface area (Å²) in [5.74, 6) is 4.86. The van der Waals surface area contributed by atoms with E-state index in [-0.39, 0.29) is 24.3 Å². The molecule has 1 atom stereocenters. The van der Waals surface area contributed by atoms with Crippen LogP contribution < -0.4 is 25.6 Å². The number of ether oxygens (including phenoxy) is 2. The lowest BCUT2D eigenvalue weighted by Crippen LogP contribution is -2.44. The van der Waals surface area contributed by atoms with Gasteiger partial charge in [0.2, 0.25) is 5.91 Å². The predicted octanol–water partition coefficient (Wildman–Crippen LogP) is 5.50. The molecule has 3 aromatic carbocycles. The first-order valence-corrected chi connectivity index (χ1v) is 13.5. The highest BCUT2D eigenvalue weighted by Crippen LogP contribution is 2.34. The topological polar surface area (TPSA) is 147 Å². The highest BCUT2D eigenvalue weighted by Gasteiger charge is 2.38. The zero-order valence-corrected chi connectivity index (χ0v) is 24.2. The minimum Gasteiger partial charge on any atom is -0.508 e. The molecule has 0 aliphatic rings. The Hall–Kier alpha value is -5.04. The Balaban J connectivity index is 0.000000676.